The molecule has 0 radical (unpaired) electrons. The number of nitrogens with one attached hydrogen (secondary N) is 1. The number of rotatable bonds is 5. The van der Waals surface area contributed by atoms with Crippen LogP contribution in [0.5, 0.6) is 11.5 Å². The van der Waals surface area contributed by atoms with Crippen molar-refractivity contribution in [3.05, 3.63) is 23.8 Å². The van der Waals surface area contributed by atoms with Crippen molar-refractivity contribution in [1.82, 2.24) is 5.32 Å². The van der Waals surface area contributed by atoms with Crippen LogP contribution < -0.4 is 14.8 Å². The number of hydrogen-bond acceptors (Lipinski definition) is 3. The van der Waals surface area contributed by atoms with Crippen LogP contribution >= 0.6 is 12.4 Å². The third kappa shape index (κ3) is 3.98. The minimum absolute atomic E-state index is 0. The lowest BCUT2D eigenvalue weighted by molar-refractivity contribution is 0.354. The van der Waals surface area contributed by atoms with Gasteiger partial charge in [-0.1, -0.05) is 6.07 Å². The monoisotopic (exact) mass is 231 g/mol. The minimum Gasteiger partial charge on any atom is -0.493 e. The van der Waals surface area contributed by atoms with E-state index in [2.05, 4.69) is 11.4 Å². The predicted octanol–water partition coefficient (Wildman–Crippen LogP) is 1.89. The van der Waals surface area contributed by atoms with Crippen LogP contribution in [0.2, 0.25) is 0 Å². The fourth-order valence-electron chi connectivity index (χ4n) is 1.31. The normalized spacial score (nSPS) is 9.27. The Labute approximate surface area is 97.2 Å². The summed E-state index contributed by atoms with van der Waals surface area (Å²) >= 11 is 0. The van der Waals surface area contributed by atoms with Crippen LogP contribution in [0.25, 0.3) is 0 Å². The Morgan fingerprint density at radius 3 is 2.33 bits per heavy atom. The Kier molecular flexibility index (Phi) is 6.92. The number of hydrogen-bond donors (Lipinski definition) is 1. The molecule has 4 heteroatoms. The van der Waals surface area contributed by atoms with Crippen LogP contribution in [0.1, 0.15) is 5.56 Å². The van der Waals surface area contributed by atoms with Crippen molar-refractivity contribution in [1.29, 1.82) is 0 Å². The molecule has 0 aliphatic rings. The molecule has 1 aromatic carbocycles. The molecular formula is C11H18ClNO2. The number of halogens is 1. The highest BCUT2D eigenvalue weighted by molar-refractivity contribution is 5.85. The summed E-state index contributed by atoms with van der Waals surface area (Å²) in [4.78, 5) is 0. The third-order valence-corrected chi connectivity index (χ3v) is 2.11. The van der Waals surface area contributed by atoms with Gasteiger partial charge in [0.15, 0.2) is 11.5 Å². The number of methoxy groups -OCH3 is 2. The molecule has 0 spiro atoms. The lowest BCUT2D eigenvalue weighted by atomic mass is 10.1. The molecule has 0 unspecified atom stereocenters. The molecule has 0 aliphatic heterocycles. The molecule has 3 nitrogen and oxygen atoms in total. The zero-order chi connectivity index (χ0) is 10.4. The second-order valence-electron chi connectivity index (χ2n) is 3.04. The Hall–Kier alpha value is -0.930. The minimum atomic E-state index is 0. The van der Waals surface area contributed by atoms with Crippen molar-refractivity contribution >= 4 is 12.4 Å². The average molecular weight is 232 g/mol. The lowest BCUT2D eigenvalue weighted by Crippen LogP contribution is -2.10. The summed E-state index contributed by atoms with van der Waals surface area (Å²) in [6.07, 6.45) is 0.997. The zero-order valence-electron chi connectivity index (χ0n) is 9.37. The van der Waals surface area contributed by atoms with E-state index in [9.17, 15) is 0 Å². The molecule has 0 saturated heterocycles. The first-order valence-electron chi connectivity index (χ1n) is 4.67. The predicted molar refractivity (Wildman–Crippen MR) is 64.4 cm³/mol. The Bertz CT molecular complexity index is 292. The number of ether oxygens (including phenoxy) is 2. The van der Waals surface area contributed by atoms with Gasteiger partial charge < -0.3 is 14.8 Å². The second-order valence-corrected chi connectivity index (χ2v) is 3.04. The summed E-state index contributed by atoms with van der Waals surface area (Å²) in [6.45, 7) is 0.968. The lowest BCUT2D eigenvalue weighted by Gasteiger charge is -2.09. The van der Waals surface area contributed by atoms with Crippen LogP contribution in [0.3, 0.4) is 0 Å². The average Bonchev–Trinajstić information content (AvgIpc) is 2.25. The van der Waals surface area contributed by atoms with Gasteiger partial charge in [-0.2, -0.15) is 0 Å². The van der Waals surface area contributed by atoms with Gasteiger partial charge >= 0.3 is 0 Å². The van der Waals surface area contributed by atoms with Crippen molar-refractivity contribution in [3.63, 3.8) is 0 Å². The van der Waals surface area contributed by atoms with Gasteiger partial charge in [-0.05, 0) is 37.7 Å². The maximum atomic E-state index is 5.21. The Morgan fingerprint density at radius 1 is 1.13 bits per heavy atom. The Balaban J connectivity index is 0.00000196. The second kappa shape index (κ2) is 7.37. The van der Waals surface area contributed by atoms with E-state index in [1.807, 2.05) is 19.2 Å². The van der Waals surface area contributed by atoms with Gasteiger partial charge in [-0.25, -0.2) is 0 Å². The van der Waals surface area contributed by atoms with Gasteiger partial charge in [0.05, 0.1) is 14.2 Å². The van der Waals surface area contributed by atoms with Crippen LogP contribution in [0.4, 0.5) is 0 Å². The molecular weight excluding hydrogens is 214 g/mol. The van der Waals surface area contributed by atoms with Crippen LogP contribution in [-0.4, -0.2) is 27.8 Å². The van der Waals surface area contributed by atoms with Gasteiger partial charge in [-0.15, -0.1) is 12.4 Å². The smallest absolute Gasteiger partial charge is 0.160 e. The third-order valence-electron chi connectivity index (χ3n) is 2.11. The highest BCUT2D eigenvalue weighted by Crippen LogP contribution is 2.27. The van der Waals surface area contributed by atoms with Crippen molar-refractivity contribution in [2.24, 2.45) is 0 Å². The highest BCUT2D eigenvalue weighted by atomic mass is 35.5. The van der Waals surface area contributed by atoms with Crippen molar-refractivity contribution in [2.45, 2.75) is 6.42 Å². The van der Waals surface area contributed by atoms with E-state index in [1.54, 1.807) is 14.2 Å². The van der Waals surface area contributed by atoms with Crippen molar-refractivity contribution in [2.75, 3.05) is 27.8 Å². The summed E-state index contributed by atoms with van der Waals surface area (Å²) in [6, 6.07) is 6.00. The van der Waals surface area contributed by atoms with Crippen LogP contribution in [-0.2, 0) is 6.42 Å². The first-order valence-corrected chi connectivity index (χ1v) is 4.67. The van der Waals surface area contributed by atoms with Crippen LogP contribution in [0.15, 0.2) is 18.2 Å². The Morgan fingerprint density at radius 2 is 1.80 bits per heavy atom. The van der Waals surface area contributed by atoms with Crippen LogP contribution in [0, 0.1) is 0 Å². The van der Waals surface area contributed by atoms with Crippen molar-refractivity contribution < 1.29 is 9.47 Å². The van der Waals surface area contributed by atoms with E-state index in [-0.39, 0.29) is 12.4 Å². The fraction of sp³-hybridized carbons (Fsp3) is 0.455. The molecule has 1 aromatic rings. The number of benzene rings is 1. The van der Waals surface area contributed by atoms with Gasteiger partial charge in [0.1, 0.15) is 0 Å². The van der Waals surface area contributed by atoms with E-state index >= 15 is 0 Å². The van der Waals surface area contributed by atoms with E-state index in [1.165, 1.54) is 5.56 Å². The van der Waals surface area contributed by atoms with Gasteiger partial charge in [0.2, 0.25) is 0 Å². The summed E-state index contributed by atoms with van der Waals surface area (Å²) in [7, 11) is 5.24. The van der Waals surface area contributed by atoms with E-state index < -0.39 is 0 Å². The molecule has 0 atom stereocenters. The zero-order valence-corrected chi connectivity index (χ0v) is 10.2. The molecule has 0 aliphatic carbocycles. The molecule has 1 N–H and O–H groups in total. The molecule has 0 saturated carbocycles. The number of likely N-dealkylation sites (N-methyl/N-ethyl adjacent to an activating group) is 1. The molecule has 0 heterocycles. The molecule has 86 valence electrons. The highest BCUT2D eigenvalue weighted by Gasteiger charge is 2.03. The largest absolute Gasteiger partial charge is 0.493 e. The first-order chi connectivity index (χ1) is 6.81. The standard InChI is InChI=1S/C11H17NO2.ClH/c1-12-7-6-9-4-5-10(13-2)11(8-9)14-3;/h4-5,8,12H,6-7H2,1-3H3;1H. The van der Waals surface area contributed by atoms with Gasteiger partial charge in [0, 0.05) is 0 Å². The molecule has 1 rings (SSSR count). The molecule has 15 heavy (non-hydrogen) atoms. The van der Waals surface area contributed by atoms with Gasteiger partial charge in [0.25, 0.3) is 0 Å². The molecule has 0 bridgehead atoms. The van der Waals surface area contributed by atoms with E-state index in [0.717, 1.165) is 24.5 Å². The molecule has 0 amide bonds. The first kappa shape index (κ1) is 14.1. The van der Waals surface area contributed by atoms with E-state index in [0.29, 0.717) is 0 Å². The van der Waals surface area contributed by atoms with Crippen molar-refractivity contribution in [3.8, 4) is 11.5 Å². The quantitative estimate of drug-likeness (QED) is 0.840. The topological polar surface area (TPSA) is 30.5 Å². The summed E-state index contributed by atoms with van der Waals surface area (Å²) in [5, 5.41) is 3.11. The maximum Gasteiger partial charge on any atom is 0.160 e. The van der Waals surface area contributed by atoms with E-state index in [4.69, 9.17) is 9.47 Å². The summed E-state index contributed by atoms with van der Waals surface area (Å²) in [5.74, 6) is 1.57. The fourth-order valence-corrected chi connectivity index (χ4v) is 1.31. The molecule has 0 aromatic heterocycles. The summed E-state index contributed by atoms with van der Waals surface area (Å²) in [5.41, 5.74) is 1.25. The maximum absolute atomic E-state index is 5.21. The van der Waals surface area contributed by atoms with Gasteiger partial charge in [-0.3, -0.25) is 0 Å². The summed E-state index contributed by atoms with van der Waals surface area (Å²) < 4.78 is 10.4. The molecule has 0 fully saturated rings. The SMILES string of the molecule is CNCCc1ccc(OC)c(OC)c1.Cl.